The van der Waals surface area contributed by atoms with Crippen LogP contribution in [0.1, 0.15) is 17.0 Å². The highest BCUT2D eigenvalue weighted by Crippen LogP contribution is 2.31. The van der Waals surface area contributed by atoms with Crippen LogP contribution in [0.15, 0.2) is 59.5 Å². The Kier molecular flexibility index (Phi) is 3.29. The number of aromatic nitrogens is 1. The summed E-state index contributed by atoms with van der Waals surface area (Å²) in [7, 11) is 1.97. The van der Waals surface area contributed by atoms with Gasteiger partial charge in [0.05, 0.1) is 6.26 Å². The number of para-hydroxylation sites is 1. The van der Waals surface area contributed by atoms with E-state index in [1.807, 2.05) is 43.9 Å². The molecule has 0 aliphatic rings. The third-order valence-electron chi connectivity index (χ3n) is 3.40. The summed E-state index contributed by atoms with van der Waals surface area (Å²) in [5.41, 5.74) is 3.40. The zero-order valence-corrected chi connectivity index (χ0v) is 10.8. The van der Waals surface area contributed by atoms with Gasteiger partial charge in [0.1, 0.15) is 5.58 Å². The molecule has 0 fully saturated rings. The first-order valence-corrected chi connectivity index (χ1v) is 6.41. The van der Waals surface area contributed by atoms with E-state index < -0.39 is 0 Å². The van der Waals surface area contributed by atoms with Gasteiger partial charge in [-0.25, -0.2) is 0 Å². The average Bonchev–Trinajstić information content (AvgIpc) is 2.89. The summed E-state index contributed by atoms with van der Waals surface area (Å²) >= 11 is 0. The van der Waals surface area contributed by atoms with Crippen molar-refractivity contribution in [3.63, 3.8) is 0 Å². The molecule has 1 atom stereocenters. The molecule has 3 rings (SSSR count). The van der Waals surface area contributed by atoms with Crippen LogP contribution in [0, 0.1) is 0 Å². The Morgan fingerprint density at radius 1 is 1.16 bits per heavy atom. The van der Waals surface area contributed by atoms with Crippen LogP contribution in [0.5, 0.6) is 0 Å². The Morgan fingerprint density at radius 2 is 1.95 bits per heavy atom. The molecule has 3 heteroatoms. The summed E-state index contributed by atoms with van der Waals surface area (Å²) in [4.78, 5) is 4.09. The monoisotopic (exact) mass is 252 g/mol. The van der Waals surface area contributed by atoms with Crippen molar-refractivity contribution in [3.05, 3.63) is 66.2 Å². The molecule has 1 N–H and O–H groups in total. The molecule has 2 heterocycles. The Bertz CT molecular complexity index is 661. The van der Waals surface area contributed by atoms with Gasteiger partial charge in [-0.05, 0) is 30.8 Å². The van der Waals surface area contributed by atoms with Crippen molar-refractivity contribution in [2.45, 2.75) is 5.92 Å². The van der Waals surface area contributed by atoms with Crippen LogP contribution in [0.2, 0.25) is 0 Å². The van der Waals surface area contributed by atoms with Gasteiger partial charge >= 0.3 is 0 Å². The van der Waals surface area contributed by atoms with E-state index in [1.54, 1.807) is 0 Å². The molecule has 0 amide bonds. The van der Waals surface area contributed by atoms with E-state index in [0.717, 1.165) is 12.1 Å². The van der Waals surface area contributed by atoms with Gasteiger partial charge in [-0.2, -0.15) is 0 Å². The summed E-state index contributed by atoms with van der Waals surface area (Å²) in [6.07, 6.45) is 5.54. The number of furan rings is 1. The Labute approximate surface area is 112 Å². The van der Waals surface area contributed by atoms with Gasteiger partial charge in [-0.15, -0.1) is 0 Å². The van der Waals surface area contributed by atoms with Gasteiger partial charge in [-0.1, -0.05) is 18.2 Å². The highest BCUT2D eigenvalue weighted by molar-refractivity contribution is 5.82. The molecule has 96 valence electrons. The molecule has 0 bridgehead atoms. The lowest BCUT2D eigenvalue weighted by Gasteiger charge is -2.15. The third-order valence-corrected chi connectivity index (χ3v) is 3.40. The molecule has 0 aliphatic heterocycles. The Balaban J connectivity index is 2.10. The van der Waals surface area contributed by atoms with E-state index in [1.165, 1.54) is 16.5 Å². The van der Waals surface area contributed by atoms with Gasteiger partial charge in [0, 0.05) is 35.8 Å². The van der Waals surface area contributed by atoms with Crippen molar-refractivity contribution in [2.24, 2.45) is 0 Å². The van der Waals surface area contributed by atoms with Crippen LogP contribution in [-0.2, 0) is 0 Å². The molecule has 0 saturated carbocycles. The quantitative estimate of drug-likeness (QED) is 0.775. The third kappa shape index (κ3) is 2.25. The van der Waals surface area contributed by atoms with E-state index in [0.29, 0.717) is 0 Å². The molecule has 0 radical (unpaired) electrons. The highest BCUT2D eigenvalue weighted by atomic mass is 16.3. The number of benzene rings is 1. The minimum absolute atomic E-state index is 0.275. The summed E-state index contributed by atoms with van der Waals surface area (Å²) < 4.78 is 5.65. The van der Waals surface area contributed by atoms with Gasteiger partial charge < -0.3 is 9.73 Å². The number of rotatable bonds is 4. The topological polar surface area (TPSA) is 38.1 Å². The molecular weight excluding hydrogens is 236 g/mol. The maximum atomic E-state index is 5.65. The Hall–Kier alpha value is -2.13. The summed E-state index contributed by atoms with van der Waals surface area (Å²) in [5.74, 6) is 0.275. The lowest BCUT2D eigenvalue weighted by molar-refractivity contribution is 0.602. The van der Waals surface area contributed by atoms with Crippen LogP contribution in [0.4, 0.5) is 0 Å². The first-order chi connectivity index (χ1) is 9.40. The number of hydrogen-bond acceptors (Lipinski definition) is 3. The van der Waals surface area contributed by atoms with E-state index >= 15 is 0 Å². The number of likely N-dealkylation sites (N-methyl/N-ethyl adjacent to an activating group) is 1. The fourth-order valence-corrected chi connectivity index (χ4v) is 2.48. The number of nitrogens with one attached hydrogen (secondary N) is 1. The van der Waals surface area contributed by atoms with Crippen molar-refractivity contribution >= 4 is 11.0 Å². The Morgan fingerprint density at radius 3 is 2.74 bits per heavy atom. The molecule has 1 unspecified atom stereocenters. The summed E-state index contributed by atoms with van der Waals surface area (Å²) in [6, 6.07) is 12.3. The van der Waals surface area contributed by atoms with Crippen LogP contribution in [0.25, 0.3) is 11.0 Å². The summed E-state index contributed by atoms with van der Waals surface area (Å²) in [6.45, 7) is 0.869. The zero-order valence-electron chi connectivity index (χ0n) is 10.8. The predicted octanol–water partition coefficient (Wildman–Crippen LogP) is 3.18. The second-order valence-corrected chi connectivity index (χ2v) is 4.58. The maximum absolute atomic E-state index is 5.65. The first-order valence-electron chi connectivity index (χ1n) is 6.41. The van der Waals surface area contributed by atoms with Crippen LogP contribution >= 0.6 is 0 Å². The number of fused-ring (bicyclic) bond motifs is 1. The predicted molar refractivity (Wildman–Crippen MR) is 76.2 cm³/mol. The second-order valence-electron chi connectivity index (χ2n) is 4.58. The lowest BCUT2D eigenvalue weighted by atomic mass is 9.91. The minimum atomic E-state index is 0.275. The number of hydrogen-bond donors (Lipinski definition) is 1. The van der Waals surface area contributed by atoms with Gasteiger partial charge in [0.25, 0.3) is 0 Å². The van der Waals surface area contributed by atoms with Crippen molar-refractivity contribution in [1.82, 2.24) is 10.3 Å². The number of nitrogens with zero attached hydrogens (tertiary/aromatic N) is 1. The normalized spacial score (nSPS) is 12.7. The van der Waals surface area contributed by atoms with Crippen LogP contribution < -0.4 is 5.32 Å². The largest absolute Gasteiger partial charge is 0.464 e. The van der Waals surface area contributed by atoms with Gasteiger partial charge in [-0.3, -0.25) is 4.98 Å². The van der Waals surface area contributed by atoms with Gasteiger partial charge in [0.15, 0.2) is 0 Å². The van der Waals surface area contributed by atoms with Crippen molar-refractivity contribution < 1.29 is 4.42 Å². The fourth-order valence-electron chi connectivity index (χ4n) is 2.48. The molecule has 0 aliphatic carbocycles. The zero-order chi connectivity index (χ0) is 13.1. The average molecular weight is 252 g/mol. The molecule has 19 heavy (non-hydrogen) atoms. The minimum Gasteiger partial charge on any atom is -0.464 e. The van der Waals surface area contributed by atoms with Crippen molar-refractivity contribution in [1.29, 1.82) is 0 Å². The molecule has 1 aromatic carbocycles. The SMILES string of the molecule is CNCC(c1ccncc1)c1coc2ccccc12. The molecule has 0 saturated heterocycles. The molecule has 3 nitrogen and oxygen atoms in total. The molecule has 2 aromatic heterocycles. The molecule has 3 aromatic rings. The van der Waals surface area contributed by atoms with E-state index in [4.69, 9.17) is 4.42 Å². The second kappa shape index (κ2) is 5.24. The van der Waals surface area contributed by atoms with Gasteiger partial charge in [0.2, 0.25) is 0 Å². The van der Waals surface area contributed by atoms with E-state index in [-0.39, 0.29) is 5.92 Å². The molecule has 0 spiro atoms. The van der Waals surface area contributed by atoms with Crippen LogP contribution in [0.3, 0.4) is 0 Å². The van der Waals surface area contributed by atoms with Crippen LogP contribution in [-0.4, -0.2) is 18.6 Å². The van der Waals surface area contributed by atoms with E-state index in [9.17, 15) is 0 Å². The fraction of sp³-hybridized carbons (Fsp3) is 0.188. The van der Waals surface area contributed by atoms with Crippen molar-refractivity contribution in [3.8, 4) is 0 Å². The molecular formula is C16H16N2O. The highest BCUT2D eigenvalue weighted by Gasteiger charge is 2.18. The standard InChI is InChI=1S/C16H16N2O/c1-17-10-14(12-6-8-18-9-7-12)15-11-19-16-5-3-2-4-13(15)16/h2-9,11,14,17H,10H2,1H3. The smallest absolute Gasteiger partial charge is 0.134 e. The maximum Gasteiger partial charge on any atom is 0.134 e. The lowest BCUT2D eigenvalue weighted by Crippen LogP contribution is -2.18. The van der Waals surface area contributed by atoms with E-state index in [2.05, 4.69) is 28.5 Å². The first kappa shape index (κ1) is 11.9. The van der Waals surface area contributed by atoms with Crippen molar-refractivity contribution in [2.75, 3.05) is 13.6 Å². The number of pyridine rings is 1. The summed E-state index contributed by atoms with van der Waals surface area (Å²) in [5, 5.41) is 4.44.